The Morgan fingerprint density at radius 3 is 2.86 bits per heavy atom. The third-order valence-electron chi connectivity index (χ3n) is 4.40. The third-order valence-corrected chi connectivity index (χ3v) is 5.41. The van der Waals surface area contributed by atoms with E-state index in [0.717, 1.165) is 30.7 Å². The largest absolute Gasteiger partial charge is 0.354 e. The SMILES string of the molecule is C[C@@H]1CCNC[C@@H]1N(C)c1ncnc2c1ccn2S(C)(=O)=O. The maximum absolute atomic E-state index is 11.8. The zero-order chi connectivity index (χ0) is 15.9. The van der Waals surface area contributed by atoms with Crippen molar-refractivity contribution < 1.29 is 8.42 Å². The molecule has 7 nitrogen and oxygen atoms in total. The van der Waals surface area contributed by atoms with E-state index in [-0.39, 0.29) is 0 Å². The maximum Gasteiger partial charge on any atom is 0.237 e. The summed E-state index contributed by atoms with van der Waals surface area (Å²) in [7, 11) is -1.36. The lowest BCUT2D eigenvalue weighted by atomic mass is 9.93. The van der Waals surface area contributed by atoms with Crippen molar-refractivity contribution in [2.45, 2.75) is 19.4 Å². The number of piperidine rings is 1. The minimum atomic E-state index is -3.37. The first-order valence-corrected chi connectivity index (χ1v) is 9.20. The molecule has 1 N–H and O–H groups in total. The molecule has 0 unspecified atom stereocenters. The van der Waals surface area contributed by atoms with E-state index in [1.807, 2.05) is 7.05 Å². The topological polar surface area (TPSA) is 80.1 Å². The Bertz CT molecular complexity index is 786. The van der Waals surface area contributed by atoms with Crippen molar-refractivity contribution in [2.75, 3.05) is 31.3 Å². The second-order valence-electron chi connectivity index (χ2n) is 5.96. The first kappa shape index (κ1) is 15.2. The van der Waals surface area contributed by atoms with Crippen molar-refractivity contribution in [1.29, 1.82) is 0 Å². The summed E-state index contributed by atoms with van der Waals surface area (Å²) in [6, 6.07) is 2.09. The molecule has 0 bridgehead atoms. The summed E-state index contributed by atoms with van der Waals surface area (Å²) in [4.78, 5) is 10.7. The van der Waals surface area contributed by atoms with Crippen molar-refractivity contribution in [2.24, 2.45) is 5.92 Å². The molecule has 120 valence electrons. The van der Waals surface area contributed by atoms with Gasteiger partial charge in [-0.2, -0.15) is 0 Å². The van der Waals surface area contributed by atoms with E-state index in [1.165, 1.54) is 22.8 Å². The molecule has 0 amide bonds. The Balaban J connectivity index is 2.06. The molecule has 1 aliphatic heterocycles. The van der Waals surface area contributed by atoms with Gasteiger partial charge in [0.1, 0.15) is 12.1 Å². The fraction of sp³-hybridized carbons (Fsp3) is 0.571. The third kappa shape index (κ3) is 2.56. The van der Waals surface area contributed by atoms with E-state index in [2.05, 4.69) is 27.1 Å². The number of nitrogens with one attached hydrogen (secondary N) is 1. The number of nitrogens with zero attached hydrogens (tertiary/aromatic N) is 4. The highest BCUT2D eigenvalue weighted by Gasteiger charge is 2.27. The lowest BCUT2D eigenvalue weighted by Gasteiger charge is -2.37. The normalized spacial score (nSPS) is 22.9. The summed E-state index contributed by atoms with van der Waals surface area (Å²) in [6.07, 6.45) is 5.25. The molecule has 0 spiro atoms. The molecule has 0 aromatic carbocycles. The molecule has 3 rings (SSSR count). The first-order chi connectivity index (χ1) is 10.4. The number of likely N-dealkylation sites (N-methyl/N-ethyl adjacent to an activating group) is 1. The summed E-state index contributed by atoms with van der Waals surface area (Å²) < 4.78 is 24.8. The highest BCUT2D eigenvalue weighted by Crippen LogP contribution is 2.28. The smallest absolute Gasteiger partial charge is 0.237 e. The van der Waals surface area contributed by atoms with Gasteiger partial charge in [-0.05, 0) is 24.9 Å². The van der Waals surface area contributed by atoms with Crippen molar-refractivity contribution in [3.63, 3.8) is 0 Å². The Kier molecular flexibility index (Phi) is 3.82. The van der Waals surface area contributed by atoms with Gasteiger partial charge in [0.05, 0.1) is 11.6 Å². The van der Waals surface area contributed by atoms with Crippen LogP contribution in [0.1, 0.15) is 13.3 Å². The molecule has 0 saturated carbocycles. The fourth-order valence-corrected chi connectivity index (χ4v) is 3.85. The Morgan fingerprint density at radius 1 is 1.41 bits per heavy atom. The van der Waals surface area contributed by atoms with Crippen LogP contribution < -0.4 is 10.2 Å². The molecule has 8 heteroatoms. The zero-order valence-electron chi connectivity index (χ0n) is 13.0. The highest BCUT2D eigenvalue weighted by molar-refractivity contribution is 7.89. The van der Waals surface area contributed by atoms with Crippen LogP contribution in [0.4, 0.5) is 5.82 Å². The van der Waals surface area contributed by atoms with E-state index >= 15 is 0 Å². The Labute approximate surface area is 130 Å². The van der Waals surface area contributed by atoms with Gasteiger partial charge in [0.25, 0.3) is 0 Å². The first-order valence-electron chi connectivity index (χ1n) is 7.35. The molecule has 2 aromatic rings. The van der Waals surface area contributed by atoms with Crippen molar-refractivity contribution in [3.8, 4) is 0 Å². The maximum atomic E-state index is 11.8. The molecule has 1 fully saturated rings. The predicted octanol–water partition coefficient (Wildman–Crippen LogP) is 0.673. The van der Waals surface area contributed by atoms with Crippen LogP contribution in [0.2, 0.25) is 0 Å². The Morgan fingerprint density at radius 2 is 2.18 bits per heavy atom. The standard InChI is InChI=1S/C14H21N5O2S/c1-10-4-6-15-8-12(10)18(2)13-11-5-7-19(22(3,20)21)14(11)17-9-16-13/h5,7,9-10,12,15H,4,6,8H2,1-3H3/t10-,12+/m1/s1. The van der Waals surface area contributed by atoms with Crippen molar-refractivity contribution >= 4 is 26.9 Å². The second-order valence-corrected chi connectivity index (χ2v) is 7.82. The Hall–Kier alpha value is -1.67. The number of fused-ring (bicyclic) bond motifs is 1. The molecule has 1 aliphatic rings. The molecular formula is C14H21N5O2S. The van der Waals surface area contributed by atoms with E-state index < -0.39 is 10.0 Å². The van der Waals surface area contributed by atoms with Crippen LogP contribution in [-0.4, -0.2) is 54.8 Å². The molecule has 1 saturated heterocycles. The lowest BCUT2D eigenvalue weighted by Crippen LogP contribution is -2.49. The monoisotopic (exact) mass is 323 g/mol. The summed E-state index contributed by atoms with van der Waals surface area (Å²) in [6.45, 7) is 4.17. The minimum absolute atomic E-state index is 0.327. The van der Waals surface area contributed by atoms with Gasteiger partial charge in [0.15, 0.2) is 5.65 Å². The van der Waals surface area contributed by atoms with Crippen LogP contribution in [0.5, 0.6) is 0 Å². The molecule has 0 aliphatic carbocycles. The minimum Gasteiger partial charge on any atom is -0.354 e. The van der Waals surface area contributed by atoms with Crippen LogP contribution in [-0.2, 0) is 10.0 Å². The number of hydrogen-bond acceptors (Lipinski definition) is 6. The van der Waals surface area contributed by atoms with Gasteiger partial charge in [-0.3, -0.25) is 0 Å². The van der Waals surface area contributed by atoms with Gasteiger partial charge >= 0.3 is 0 Å². The van der Waals surface area contributed by atoms with E-state index in [0.29, 0.717) is 17.6 Å². The molecule has 2 atom stereocenters. The van der Waals surface area contributed by atoms with Crippen LogP contribution in [0, 0.1) is 5.92 Å². The summed E-state index contributed by atoms with van der Waals surface area (Å²) in [5.74, 6) is 1.32. The second kappa shape index (κ2) is 5.51. The molecular weight excluding hydrogens is 302 g/mol. The molecule has 2 aromatic heterocycles. The predicted molar refractivity (Wildman–Crippen MR) is 86.6 cm³/mol. The van der Waals surface area contributed by atoms with Gasteiger partial charge in [-0.25, -0.2) is 22.4 Å². The number of hydrogen-bond donors (Lipinski definition) is 1. The van der Waals surface area contributed by atoms with Crippen molar-refractivity contribution in [3.05, 3.63) is 18.6 Å². The number of aromatic nitrogens is 3. The summed E-state index contributed by atoms with van der Waals surface area (Å²) in [5, 5.41) is 4.16. The number of rotatable bonds is 3. The average molecular weight is 323 g/mol. The van der Waals surface area contributed by atoms with Crippen molar-refractivity contribution in [1.82, 2.24) is 19.3 Å². The van der Waals surface area contributed by atoms with E-state index in [1.54, 1.807) is 6.07 Å². The zero-order valence-corrected chi connectivity index (χ0v) is 13.8. The number of anilines is 1. The van der Waals surface area contributed by atoms with Crippen LogP contribution in [0.3, 0.4) is 0 Å². The highest BCUT2D eigenvalue weighted by atomic mass is 32.2. The molecule has 22 heavy (non-hydrogen) atoms. The van der Waals surface area contributed by atoms with Gasteiger partial charge < -0.3 is 10.2 Å². The summed E-state index contributed by atoms with van der Waals surface area (Å²) >= 11 is 0. The lowest BCUT2D eigenvalue weighted by molar-refractivity contribution is 0.338. The van der Waals surface area contributed by atoms with Gasteiger partial charge in [0, 0.05) is 25.8 Å². The van der Waals surface area contributed by atoms with Gasteiger partial charge in [-0.15, -0.1) is 0 Å². The van der Waals surface area contributed by atoms with Crippen LogP contribution in [0.25, 0.3) is 11.0 Å². The van der Waals surface area contributed by atoms with Gasteiger partial charge in [-0.1, -0.05) is 6.92 Å². The quantitative estimate of drug-likeness (QED) is 0.894. The fourth-order valence-electron chi connectivity index (χ4n) is 3.11. The van der Waals surface area contributed by atoms with E-state index in [9.17, 15) is 8.42 Å². The summed E-state index contributed by atoms with van der Waals surface area (Å²) in [5.41, 5.74) is 0.427. The van der Waals surface area contributed by atoms with Crippen LogP contribution >= 0.6 is 0 Å². The molecule has 0 radical (unpaired) electrons. The van der Waals surface area contributed by atoms with E-state index in [4.69, 9.17) is 0 Å². The van der Waals surface area contributed by atoms with Gasteiger partial charge in [0.2, 0.25) is 10.0 Å². The molecule has 3 heterocycles. The van der Waals surface area contributed by atoms with Crippen LogP contribution in [0.15, 0.2) is 18.6 Å². The average Bonchev–Trinajstić information content (AvgIpc) is 2.91.